The van der Waals surface area contributed by atoms with E-state index in [1.165, 1.54) is 26.2 Å². The summed E-state index contributed by atoms with van der Waals surface area (Å²) in [5.41, 5.74) is -1.80. The highest BCUT2D eigenvalue weighted by atomic mass is 16.6. The van der Waals surface area contributed by atoms with Crippen molar-refractivity contribution in [3.63, 3.8) is 0 Å². The molecule has 4 saturated carbocycles. The summed E-state index contributed by atoms with van der Waals surface area (Å²) in [6.45, 7) is 15.7. The molecule has 4 aliphatic rings. The zero-order valence-corrected chi connectivity index (χ0v) is 30.8. The third kappa shape index (κ3) is 5.62. The van der Waals surface area contributed by atoms with E-state index in [1.54, 1.807) is 12.1 Å². The van der Waals surface area contributed by atoms with Gasteiger partial charge in [0.1, 0.15) is 17.6 Å². The average molecular weight is 688 g/mol. The number of ketones is 1. The maximum Gasteiger partial charge on any atom is 0.342 e. The van der Waals surface area contributed by atoms with Crippen LogP contribution in [0.3, 0.4) is 0 Å². The van der Waals surface area contributed by atoms with Gasteiger partial charge >= 0.3 is 17.9 Å². The molecule has 0 aliphatic heterocycles. The Labute approximate surface area is 296 Å². The molecule has 0 spiro atoms. The summed E-state index contributed by atoms with van der Waals surface area (Å²) in [4.78, 5) is 64.3. The summed E-state index contributed by atoms with van der Waals surface area (Å²) in [5.74, 6) is -1.62. The summed E-state index contributed by atoms with van der Waals surface area (Å²) in [5, 5.41) is 10.3. The number of Topliss-reactive ketones (excluding diaryl/α,β-unsaturated/α-hetero) is 1. The van der Waals surface area contributed by atoms with Crippen LogP contribution in [-0.2, 0) is 28.7 Å². The number of fused-ring (bicyclic) bond motifs is 5. The Morgan fingerprint density at radius 2 is 1.70 bits per heavy atom. The first-order valence-corrected chi connectivity index (χ1v) is 18.1. The molecule has 0 bridgehead atoms. The van der Waals surface area contributed by atoms with Gasteiger partial charge in [0.05, 0.1) is 18.6 Å². The third-order valence-electron chi connectivity index (χ3n) is 14.7. The first kappa shape index (κ1) is 37.5. The van der Waals surface area contributed by atoms with E-state index in [-0.39, 0.29) is 69.9 Å². The molecule has 0 unspecified atom stereocenters. The molecule has 1 aromatic rings. The van der Waals surface area contributed by atoms with Crippen LogP contribution in [0.1, 0.15) is 110 Å². The van der Waals surface area contributed by atoms with Crippen molar-refractivity contribution in [3.05, 3.63) is 42.0 Å². The summed E-state index contributed by atoms with van der Waals surface area (Å²) in [6.07, 6.45) is 7.37. The Morgan fingerprint density at radius 3 is 2.34 bits per heavy atom. The van der Waals surface area contributed by atoms with Gasteiger partial charge in [0.2, 0.25) is 0 Å². The Morgan fingerprint density at radius 1 is 1.00 bits per heavy atom. The largest absolute Gasteiger partial charge is 0.469 e. The molecule has 9 heteroatoms. The van der Waals surface area contributed by atoms with Gasteiger partial charge < -0.3 is 14.2 Å². The number of carbonyl (C=O) groups excluding carboxylic acids is 5. The molecule has 50 heavy (non-hydrogen) atoms. The molecular formula is C41H53NO8. The zero-order valence-electron chi connectivity index (χ0n) is 30.8. The van der Waals surface area contributed by atoms with Crippen molar-refractivity contribution in [1.82, 2.24) is 0 Å². The number of allylic oxidation sites excluding steroid dienone is 1. The molecule has 5 rings (SSSR count). The first-order chi connectivity index (χ1) is 23.5. The molecule has 0 heterocycles. The lowest BCUT2D eigenvalue weighted by Crippen LogP contribution is -2.66. The van der Waals surface area contributed by atoms with Crippen LogP contribution >= 0.6 is 0 Å². The van der Waals surface area contributed by atoms with Crippen molar-refractivity contribution in [2.75, 3.05) is 13.7 Å². The fourth-order valence-electron chi connectivity index (χ4n) is 12.1. The zero-order chi connectivity index (χ0) is 36.9. The van der Waals surface area contributed by atoms with Crippen molar-refractivity contribution < 1.29 is 38.2 Å². The van der Waals surface area contributed by atoms with Gasteiger partial charge in [-0.1, -0.05) is 53.3 Å². The van der Waals surface area contributed by atoms with E-state index in [2.05, 4.69) is 33.4 Å². The molecule has 4 fully saturated rings. The summed E-state index contributed by atoms with van der Waals surface area (Å²) >= 11 is 0. The van der Waals surface area contributed by atoms with Crippen LogP contribution in [0.5, 0.6) is 5.75 Å². The lowest BCUT2D eigenvalue weighted by atomic mass is 9.33. The van der Waals surface area contributed by atoms with Crippen molar-refractivity contribution in [2.24, 2.45) is 56.7 Å². The number of hydrogen-bond donors (Lipinski definition) is 0. The van der Waals surface area contributed by atoms with Crippen LogP contribution in [0.15, 0.2) is 36.4 Å². The van der Waals surface area contributed by atoms with Gasteiger partial charge in [-0.25, -0.2) is 4.79 Å². The minimum atomic E-state index is -0.911. The number of aldehydes is 1. The lowest BCUT2D eigenvalue weighted by molar-refractivity contribution is -0.229. The van der Waals surface area contributed by atoms with E-state index in [9.17, 15) is 29.2 Å². The van der Waals surface area contributed by atoms with Gasteiger partial charge in [0.15, 0.2) is 12.4 Å². The summed E-state index contributed by atoms with van der Waals surface area (Å²) in [6, 6.07) is 8.75. The number of ether oxygens (including phenoxy) is 3. The SMILES string of the molecule is C=C(C=O)[C@@H]1CC[C@]2(C(=O)OC)CC[C@]3(C)[C@H](CC[C@@H]4[C@@](C)(CC#N)[C@H](C(C)(C)C(=O)COC(=O)c5ccccc5OC(C)=O)CC[C@]43C)[C@@H]12. The molecule has 9 nitrogen and oxygen atoms in total. The van der Waals surface area contributed by atoms with Crippen molar-refractivity contribution in [3.8, 4) is 11.8 Å². The Bertz CT molecular complexity index is 1620. The Hall–Kier alpha value is -3.80. The van der Waals surface area contributed by atoms with Crippen LogP contribution in [0.4, 0.5) is 0 Å². The van der Waals surface area contributed by atoms with Crippen LogP contribution in [0.25, 0.3) is 0 Å². The topological polar surface area (TPSA) is 137 Å². The van der Waals surface area contributed by atoms with Gasteiger partial charge in [-0.15, -0.1) is 0 Å². The van der Waals surface area contributed by atoms with Crippen LogP contribution in [-0.4, -0.2) is 43.7 Å². The highest BCUT2D eigenvalue weighted by molar-refractivity contribution is 5.95. The highest BCUT2D eigenvalue weighted by Crippen LogP contribution is 2.76. The fourth-order valence-corrected chi connectivity index (χ4v) is 12.1. The normalized spacial score (nSPS) is 36.0. The van der Waals surface area contributed by atoms with E-state index >= 15 is 0 Å². The number of rotatable bonds is 10. The number of hydrogen-bond acceptors (Lipinski definition) is 9. The quantitative estimate of drug-likeness (QED) is 0.106. The molecule has 0 radical (unpaired) electrons. The fraction of sp³-hybridized carbons (Fsp3) is 0.659. The van der Waals surface area contributed by atoms with Crippen LogP contribution < -0.4 is 4.74 Å². The van der Waals surface area contributed by atoms with Crippen LogP contribution in [0.2, 0.25) is 0 Å². The molecule has 0 aromatic heterocycles. The summed E-state index contributed by atoms with van der Waals surface area (Å²) < 4.78 is 16.1. The first-order valence-electron chi connectivity index (χ1n) is 18.1. The molecule has 9 atom stereocenters. The third-order valence-corrected chi connectivity index (χ3v) is 14.7. The van der Waals surface area contributed by atoms with Gasteiger partial charge in [-0.3, -0.25) is 19.2 Å². The monoisotopic (exact) mass is 687 g/mol. The number of esters is 3. The minimum absolute atomic E-state index is 0.0391. The predicted octanol–water partition coefficient (Wildman–Crippen LogP) is 7.47. The standard InChI is InChI=1S/C41H53NO8/c1-25(23-43)27-15-18-41(36(47)48-8)20-19-39(6)29(34(27)41)13-14-32-38(5,21-22-42)31(16-17-40(32,39)7)37(3,4)33(45)24-49-35(46)28-11-9-10-12-30(28)50-26(2)44/h9-12,23,27,29,31-32,34H,1,13-21,24H2,2-8H3/t27-,29+,31-,32+,34+,38-,39+,40+,41-/m0/s1. The van der Waals surface area contributed by atoms with E-state index in [4.69, 9.17) is 14.2 Å². The van der Waals surface area contributed by atoms with Gasteiger partial charge in [-0.2, -0.15) is 5.26 Å². The van der Waals surface area contributed by atoms with E-state index < -0.39 is 34.8 Å². The average Bonchev–Trinajstić information content (AvgIpc) is 3.47. The molecule has 0 saturated heterocycles. The number of benzene rings is 1. The second-order valence-corrected chi connectivity index (χ2v) is 16.8. The predicted molar refractivity (Wildman–Crippen MR) is 185 cm³/mol. The lowest BCUT2D eigenvalue weighted by Gasteiger charge is -2.71. The van der Waals surface area contributed by atoms with Crippen molar-refractivity contribution >= 4 is 30.0 Å². The summed E-state index contributed by atoms with van der Waals surface area (Å²) in [7, 11) is 1.46. The molecule has 270 valence electrons. The number of nitriles is 1. The maximum absolute atomic E-state index is 14.0. The van der Waals surface area contributed by atoms with E-state index in [0.717, 1.165) is 38.4 Å². The van der Waals surface area contributed by atoms with Gasteiger partial charge in [0, 0.05) is 18.8 Å². The number of carbonyl (C=O) groups is 5. The van der Waals surface area contributed by atoms with E-state index in [0.29, 0.717) is 24.8 Å². The Kier molecular flexibility index (Phi) is 10.0. The smallest absolute Gasteiger partial charge is 0.342 e. The molecule has 0 N–H and O–H groups in total. The molecule has 4 aliphatic carbocycles. The van der Waals surface area contributed by atoms with Crippen molar-refractivity contribution in [2.45, 2.75) is 99.3 Å². The van der Waals surface area contributed by atoms with Gasteiger partial charge in [-0.05, 0) is 115 Å². The Balaban J connectivity index is 1.43. The van der Waals surface area contributed by atoms with Crippen molar-refractivity contribution in [1.29, 1.82) is 5.26 Å². The number of para-hydroxylation sites is 1. The highest BCUT2D eigenvalue weighted by Gasteiger charge is 2.71. The number of methoxy groups -OCH3 is 1. The van der Waals surface area contributed by atoms with Gasteiger partial charge in [0.25, 0.3) is 0 Å². The molecule has 0 amide bonds. The number of nitrogens with zero attached hydrogens (tertiary/aromatic N) is 1. The maximum atomic E-state index is 14.0. The molecular weight excluding hydrogens is 634 g/mol. The minimum Gasteiger partial charge on any atom is -0.469 e. The second-order valence-electron chi connectivity index (χ2n) is 16.8. The van der Waals surface area contributed by atoms with Crippen LogP contribution in [0, 0.1) is 68.0 Å². The second kappa shape index (κ2) is 13.4. The van der Waals surface area contributed by atoms with E-state index in [1.807, 2.05) is 13.8 Å². The molecule has 1 aromatic carbocycles.